The average Bonchev–Trinajstić information content (AvgIpc) is 3.55. The quantitative estimate of drug-likeness (QED) is 0.204. The number of hydrogen-bond acceptors (Lipinski definition) is 7. The van der Waals surface area contributed by atoms with Gasteiger partial charge in [-0.2, -0.15) is 0 Å². The first-order valence-corrected chi connectivity index (χ1v) is 8.86. The fourth-order valence-electron chi connectivity index (χ4n) is 1.70. The lowest BCUT2D eigenvalue weighted by Crippen LogP contribution is -2.03. The number of ether oxygens (including phenoxy) is 2. The van der Waals surface area contributed by atoms with Gasteiger partial charge in [-0.3, -0.25) is 0 Å². The maximum atomic E-state index is 9.63. The Morgan fingerprint density at radius 2 is 1.64 bits per heavy atom. The minimum Gasteiger partial charge on any atom is -0.491 e. The molecule has 152 valence electrons. The van der Waals surface area contributed by atoms with Crippen molar-refractivity contribution in [3.63, 3.8) is 0 Å². The van der Waals surface area contributed by atoms with Gasteiger partial charge < -0.3 is 14.6 Å². The minimum absolute atomic E-state index is 0.343. The first kappa shape index (κ1) is 24.9. The number of rotatable bonds is 11. The van der Waals surface area contributed by atoms with E-state index in [-0.39, 0.29) is 0 Å². The fraction of sp³-hybridized carbons (Fsp3) is 0.450. The van der Waals surface area contributed by atoms with Gasteiger partial charge in [-0.25, -0.2) is 24.4 Å². The van der Waals surface area contributed by atoms with Gasteiger partial charge in [0.1, 0.15) is 18.5 Å². The molecule has 0 amide bonds. The van der Waals surface area contributed by atoms with Crippen LogP contribution in [0.2, 0.25) is 0 Å². The van der Waals surface area contributed by atoms with Crippen LogP contribution < -0.4 is 4.74 Å². The van der Waals surface area contributed by atoms with E-state index in [1.54, 1.807) is 0 Å². The van der Waals surface area contributed by atoms with E-state index < -0.39 is 5.97 Å². The highest BCUT2D eigenvalue weighted by Gasteiger charge is 2.22. The largest absolute Gasteiger partial charge is 0.491 e. The van der Waals surface area contributed by atoms with E-state index in [1.165, 1.54) is 12.2 Å². The number of unbranched alkanes of at least 4 members (excludes halogenated alkanes) is 3. The molecule has 0 spiro atoms. The second-order valence-corrected chi connectivity index (χ2v) is 5.48. The van der Waals surface area contributed by atoms with Crippen LogP contribution in [0, 0.1) is 0 Å². The summed E-state index contributed by atoms with van der Waals surface area (Å²) in [4.78, 5) is 35.3. The predicted molar refractivity (Wildman–Crippen MR) is 104 cm³/mol. The van der Waals surface area contributed by atoms with Gasteiger partial charge in [-0.1, -0.05) is 37.6 Å². The van der Waals surface area contributed by atoms with Gasteiger partial charge in [-0.15, -0.1) is 0 Å². The molecule has 0 aliphatic carbocycles. The number of benzene rings is 1. The summed E-state index contributed by atoms with van der Waals surface area (Å²) in [5, 5.41) is 7.60. The van der Waals surface area contributed by atoms with Crippen molar-refractivity contribution in [2.75, 3.05) is 26.3 Å². The molecule has 0 bridgehead atoms. The van der Waals surface area contributed by atoms with Crippen molar-refractivity contribution in [3.8, 4) is 5.75 Å². The normalized spacial score (nSPS) is 13.1. The molecule has 0 radical (unpaired) electrons. The smallest absolute Gasteiger partial charge is 0.327 e. The van der Waals surface area contributed by atoms with Crippen molar-refractivity contribution in [2.45, 2.75) is 31.8 Å². The Labute approximate surface area is 164 Å². The van der Waals surface area contributed by atoms with E-state index in [9.17, 15) is 14.4 Å². The lowest BCUT2D eigenvalue weighted by atomic mass is 10.2. The third-order valence-corrected chi connectivity index (χ3v) is 3.18. The molecule has 0 aromatic heterocycles. The summed E-state index contributed by atoms with van der Waals surface area (Å²) in [7, 11) is 0. The Hall–Kier alpha value is -3.05. The minimum atomic E-state index is -0.981. The van der Waals surface area contributed by atoms with Crippen LogP contribution in [0.3, 0.4) is 0 Å². The molecule has 8 heteroatoms. The molecular weight excluding hydrogens is 364 g/mol. The van der Waals surface area contributed by atoms with Gasteiger partial charge in [0.2, 0.25) is 12.2 Å². The SMILES string of the molecule is C=CC(=O)O.O=C=NCCCCCCN=C=O.c1ccc(OCC2CO2)cc1. The first-order valence-electron chi connectivity index (χ1n) is 8.86. The number of carboxylic acid groups (broad SMARTS) is 1. The van der Waals surface area contributed by atoms with Crippen molar-refractivity contribution in [3.05, 3.63) is 43.0 Å². The number of aliphatic carboxylic acids is 1. The Balaban J connectivity index is 0.000000423. The number of para-hydroxylation sites is 1. The van der Waals surface area contributed by atoms with Crippen molar-refractivity contribution >= 4 is 18.1 Å². The van der Waals surface area contributed by atoms with Gasteiger partial charge >= 0.3 is 5.97 Å². The average molecular weight is 390 g/mol. The molecule has 1 aliphatic rings. The molecule has 1 aromatic rings. The number of epoxide rings is 1. The van der Waals surface area contributed by atoms with Crippen LogP contribution in [0.4, 0.5) is 0 Å². The lowest BCUT2D eigenvalue weighted by molar-refractivity contribution is -0.131. The summed E-state index contributed by atoms with van der Waals surface area (Å²) in [6.07, 6.45) is 7.98. The van der Waals surface area contributed by atoms with Crippen LogP contribution in [0.25, 0.3) is 0 Å². The molecule has 1 heterocycles. The van der Waals surface area contributed by atoms with E-state index in [0.717, 1.165) is 44.1 Å². The molecule has 0 saturated carbocycles. The van der Waals surface area contributed by atoms with Crippen LogP contribution in [0.15, 0.2) is 53.0 Å². The number of aliphatic imine (C=N–C) groups is 2. The van der Waals surface area contributed by atoms with Crippen molar-refractivity contribution in [1.82, 2.24) is 0 Å². The maximum absolute atomic E-state index is 9.63. The molecule has 2 rings (SSSR count). The molecule has 1 saturated heterocycles. The van der Waals surface area contributed by atoms with Gasteiger partial charge in [0.15, 0.2) is 0 Å². The van der Waals surface area contributed by atoms with Crippen LogP contribution in [0.5, 0.6) is 5.75 Å². The number of carboxylic acids is 1. The maximum Gasteiger partial charge on any atom is 0.327 e. The van der Waals surface area contributed by atoms with Gasteiger partial charge in [0, 0.05) is 6.08 Å². The summed E-state index contributed by atoms with van der Waals surface area (Å²) >= 11 is 0. The van der Waals surface area contributed by atoms with Crippen LogP contribution in [-0.2, 0) is 19.1 Å². The highest BCUT2D eigenvalue weighted by molar-refractivity contribution is 5.78. The van der Waals surface area contributed by atoms with E-state index in [1.807, 2.05) is 30.3 Å². The van der Waals surface area contributed by atoms with Gasteiger partial charge in [0.05, 0.1) is 19.7 Å². The summed E-state index contributed by atoms with van der Waals surface area (Å²) in [5.74, 6) is -0.0620. The standard InChI is InChI=1S/C9H10O2.C8H12N2O2.C3H4O2/c1-2-4-8(5-3-1)10-6-9-7-11-9;11-7-9-5-3-1-2-4-6-10-8-12;1-2-3(4)5/h1-5,9H,6-7H2;1-6H2;2H,1H2,(H,4,5). The zero-order chi connectivity index (χ0) is 20.9. The Kier molecular flexibility index (Phi) is 16.7. The molecule has 1 aliphatic heterocycles. The second-order valence-electron chi connectivity index (χ2n) is 5.48. The number of isocyanates is 2. The fourth-order valence-corrected chi connectivity index (χ4v) is 1.70. The molecular formula is C20H26N2O6. The Bertz CT molecular complexity index is 611. The Morgan fingerprint density at radius 1 is 1.14 bits per heavy atom. The zero-order valence-electron chi connectivity index (χ0n) is 15.8. The summed E-state index contributed by atoms with van der Waals surface area (Å²) in [6.45, 7) is 5.61. The lowest BCUT2D eigenvalue weighted by Gasteiger charge is -2.01. The highest BCUT2D eigenvalue weighted by atomic mass is 16.6. The predicted octanol–water partition coefficient (Wildman–Crippen LogP) is 2.94. The molecule has 28 heavy (non-hydrogen) atoms. The summed E-state index contributed by atoms with van der Waals surface area (Å²) in [5.41, 5.74) is 0. The van der Waals surface area contributed by atoms with Gasteiger partial charge in [-0.05, 0) is 25.0 Å². The second kappa shape index (κ2) is 18.7. The monoisotopic (exact) mass is 390 g/mol. The number of hydrogen-bond donors (Lipinski definition) is 1. The molecule has 1 unspecified atom stereocenters. The Morgan fingerprint density at radius 3 is 2.04 bits per heavy atom. The number of carbonyl (C=O) groups excluding carboxylic acids is 2. The first-order chi connectivity index (χ1) is 13.6. The van der Waals surface area contributed by atoms with E-state index in [4.69, 9.17) is 14.6 Å². The van der Waals surface area contributed by atoms with Crippen LogP contribution >= 0.6 is 0 Å². The zero-order valence-corrected chi connectivity index (χ0v) is 15.8. The van der Waals surface area contributed by atoms with Crippen LogP contribution in [-0.4, -0.2) is 55.6 Å². The summed E-state index contributed by atoms with van der Waals surface area (Å²) in [6, 6.07) is 9.79. The van der Waals surface area contributed by atoms with Crippen molar-refractivity contribution < 1.29 is 29.0 Å². The van der Waals surface area contributed by atoms with E-state index in [0.29, 0.717) is 25.8 Å². The molecule has 1 N–H and O–H groups in total. The van der Waals surface area contributed by atoms with E-state index in [2.05, 4.69) is 16.6 Å². The number of carbonyl (C=O) groups is 1. The third kappa shape index (κ3) is 19.3. The van der Waals surface area contributed by atoms with Gasteiger partial charge in [0.25, 0.3) is 0 Å². The topological polar surface area (TPSA) is 118 Å². The molecule has 1 atom stereocenters. The highest BCUT2D eigenvalue weighted by Crippen LogP contribution is 2.13. The molecule has 1 fully saturated rings. The third-order valence-electron chi connectivity index (χ3n) is 3.18. The summed E-state index contributed by atoms with van der Waals surface area (Å²) < 4.78 is 10.4. The molecule has 1 aromatic carbocycles. The number of nitrogens with zero attached hydrogens (tertiary/aromatic N) is 2. The van der Waals surface area contributed by atoms with Crippen LogP contribution in [0.1, 0.15) is 25.7 Å². The van der Waals surface area contributed by atoms with Crippen molar-refractivity contribution in [1.29, 1.82) is 0 Å². The van der Waals surface area contributed by atoms with E-state index >= 15 is 0 Å². The van der Waals surface area contributed by atoms with Crippen molar-refractivity contribution in [2.24, 2.45) is 9.98 Å². The molecule has 8 nitrogen and oxygen atoms in total.